The van der Waals surface area contributed by atoms with Gasteiger partial charge in [0.2, 0.25) is 0 Å². The van der Waals surface area contributed by atoms with Crippen LogP contribution in [0.15, 0.2) is 11.6 Å². The Bertz CT molecular complexity index is 362. The summed E-state index contributed by atoms with van der Waals surface area (Å²) in [5.41, 5.74) is 0. The minimum Gasteiger partial charge on any atom is -0.346 e. The molecule has 4 nitrogen and oxygen atoms in total. The first-order valence-electron chi connectivity index (χ1n) is 6.50. The van der Waals surface area contributed by atoms with E-state index in [0.717, 1.165) is 30.9 Å². The van der Waals surface area contributed by atoms with Gasteiger partial charge in [-0.05, 0) is 6.26 Å². The van der Waals surface area contributed by atoms with Crippen molar-refractivity contribution in [2.45, 2.75) is 11.3 Å². The van der Waals surface area contributed by atoms with Crippen LogP contribution in [-0.2, 0) is 0 Å². The molecule has 3 heterocycles. The lowest BCUT2D eigenvalue weighted by molar-refractivity contribution is 0.200. The number of piperazine rings is 1. The molecule has 2 atom stereocenters. The zero-order valence-electron chi connectivity index (χ0n) is 10.7. The summed E-state index contributed by atoms with van der Waals surface area (Å²) in [6, 6.07) is 0.721. The molecule has 2 saturated heterocycles. The third-order valence-electron chi connectivity index (χ3n) is 3.90. The van der Waals surface area contributed by atoms with E-state index in [-0.39, 0.29) is 0 Å². The van der Waals surface area contributed by atoms with Crippen LogP contribution in [0.2, 0.25) is 0 Å². The quantitative estimate of drug-likeness (QED) is 0.894. The maximum absolute atomic E-state index is 4.40. The topological polar surface area (TPSA) is 31.4 Å². The van der Waals surface area contributed by atoms with Crippen molar-refractivity contribution in [2.75, 3.05) is 50.4 Å². The van der Waals surface area contributed by atoms with Crippen molar-refractivity contribution < 1.29 is 0 Å². The van der Waals surface area contributed by atoms with Gasteiger partial charge in [-0.3, -0.25) is 4.90 Å². The van der Waals surface area contributed by atoms with Crippen molar-refractivity contribution in [1.82, 2.24) is 15.2 Å². The molecule has 1 N–H and O–H groups in total. The number of thioether (sulfide) groups is 1. The van der Waals surface area contributed by atoms with E-state index >= 15 is 0 Å². The third-order valence-corrected chi connectivity index (χ3v) is 5.82. The van der Waals surface area contributed by atoms with Gasteiger partial charge < -0.3 is 10.2 Å². The van der Waals surface area contributed by atoms with Gasteiger partial charge in [-0.2, -0.15) is 11.8 Å². The Morgan fingerprint density at radius 2 is 2.17 bits per heavy atom. The zero-order chi connectivity index (χ0) is 12.4. The molecule has 0 radical (unpaired) electrons. The average Bonchev–Trinajstić information content (AvgIpc) is 3.10. The Kier molecular flexibility index (Phi) is 4.08. The number of rotatable bonds is 3. The van der Waals surface area contributed by atoms with Crippen LogP contribution in [0.3, 0.4) is 0 Å². The highest BCUT2D eigenvalue weighted by Gasteiger charge is 2.33. The Balaban J connectivity index is 1.57. The molecule has 0 aliphatic carbocycles. The molecule has 2 aliphatic rings. The third kappa shape index (κ3) is 2.52. The van der Waals surface area contributed by atoms with Gasteiger partial charge in [-0.15, -0.1) is 11.3 Å². The predicted molar refractivity (Wildman–Crippen MR) is 79.9 cm³/mol. The first-order chi connectivity index (χ1) is 8.88. The Morgan fingerprint density at radius 3 is 2.83 bits per heavy atom. The maximum Gasteiger partial charge on any atom is 0.185 e. The number of anilines is 1. The predicted octanol–water partition coefficient (Wildman–Crippen LogP) is 0.968. The number of aromatic nitrogens is 1. The van der Waals surface area contributed by atoms with Crippen LogP contribution in [-0.4, -0.2) is 66.7 Å². The smallest absolute Gasteiger partial charge is 0.185 e. The highest BCUT2D eigenvalue weighted by Crippen LogP contribution is 2.24. The van der Waals surface area contributed by atoms with Crippen LogP contribution in [0.1, 0.15) is 0 Å². The molecule has 0 saturated carbocycles. The molecule has 0 amide bonds. The minimum atomic E-state index is 0.721. The number of hydrogen-bond acceptors (Lipinski definition) is 6. The van der Waals surface area contributed by atoms with Crippen molar-refractivity contribution in [3.63, 3.8) is 0 Å². The molecule has 3 rings (SSSR count). The Morgan fingerprint density at radius 1 is 1.33 bits per heavy atom. The summed E-state index contributed by atoms with van der Waals surface area (Å²) in [5.74, 6) is 0. The SMILES string of the molecule is CSC1CNCC1N1CCN(c2nccs2)CC1. The van der Waals surface area contributed by atoms with E-state index in [0.29, 0.717) is 0 Å². The number of nitrogens with one attached hydrogen (secondary N) is 1. The van der Waals surface area contributed by atoms with Gasteiger partial charge in [0.15, 0.2) is 5.13 Å². The van der Waals surface area contributed by atoms with Crippen LogP contribution < -0.4 is 10.2 Å². The minimum absolute atomic E-state index is 0.721. The largest absolute Gasteiger partial charge is 0.346 e. The van der Waals surface area contributed by atoms with Crippen LogP contribution >= 0.6 is 23.1 Å². The molecular weight excluding hydrogens is 264 g/mol. The fourth-order valence-electron chi connectivity index (χ4n) is 2.86. The molecule has 6 heteroatoms. The second kappa shape index (κ2) is 5.77. The number of thiazole rings is 1. The van der Waals surface area contributed by atoms with Crippen LogP contribution in [0, 0.1) is 0 Å². The normalized spacial score (nSPS) is 29.9. The van der Waals surface area contributed by atoms with Crippen LogP contribution in [0.5, 0.6) is 0 Å². The van der Waals surface area contributed by atoms with Crippen molar-refractivity contribution >= 4 is 28.2 Å². The van der Waals surface area contributed by atoms with E-state index in [2.05, 4.69) is 31.7 Å². The van der Waals surface area contributed by atoms with Crippen LogP contribution in [0.4, 0.5) is 5.13 Å². The fraction of sp³-hybridized carbons (Fsp3) is 0.750. The summed E-state index contributed by atoms with van der Waals surface area (Å²) >= 11 is 3.75. The molecular formula is C12H20N4S2. The van der Waals surface area contributed by atoms with Crippen molar-refractivity contribution in [3.05, 3.63) is 11.6 Å². The molecule has 100 valence electrons. The van der Waals surface area contributed by atoms with E-state index in [4.69, 9.17) is 0 Å². The van der Waals surface area contributed by atoms with E-state index in [9.17, 15) is 0 Å². The van der Waals surface area contributed by atoms with Gasteiger partial charge in [0.25, 0.3) is 0 Å². The van der Waals surface area contributed by atoms with Gasteiger partial charge in [-0.25, -0.2) is 4.98 Å². The zero-order valence-corrected chi connectivity index (χ0v) is 12.3. The Hall–Kier alpha value is -0.300. The molecule has 0 bridgehead atoms. The van der Waals surface area contributed by atoms with E-state index in [1.807, 2.05) is 18.0 Å². The molecule has 1 aromatic rings. The van der Waals surface area contributed by atoms with E-state index < -0.39 is 0 Å². The van der Waals surface area contributed by atoms with E-state index in [1.54, 1.807) is 11.3 Å². The highest BCUT2D eigenvalue weighted by molar-refractivity contribution is 7.99. The van der Waals surface area contributed by atoms with Crippen molar-refractivity contribution in [1.29, 1.82) is 0 Å². The number of nitrogens with zero attached hydrogens (tertiary/aromatic N) is 3. The molecule has 1 aromatic heterocycles. The monoisotopic (exact) mass is 284 g/mol. The lowest BCUT2D eigenvalue weighted by Crippen LogP contribution is -2.53. The second-order valence-electron chi connectivity index (χ2n) is 4.84. The Labute approximate surface area is 117 Å². The van der Waals surface area contributed by atoms with Gasteiger partial charge in [0.05, 0.1) is 0 Å². The molecule has 18 heavy (non-hydrogen) atoms. The molecule has 2 fully saturated rings. The second-order valence-corrected chi connectivity index (χ2v) is 6.79. The standard InChI is InChI=1S/C12H20N4S2/c1-17-11-9-13-8-10(11)15-3-5-16(6-4-15)12-14-2-7-18-12/h2,7,10-11,13H,3-6,8-9H2,1H3. The molecule has 2 unspecified atom stereocenters. The lowest BCUT2D eigenvalue weighted by atomic mass is 10.2. The lowest BCUT2D eigenvalue weighted by Gasteiger charge is -2.39. The van der Waals surface area contributed by atoms with Gasteiger partial charge in [0, 0.05) is 62.1 Å². The van der Waals surface area contributed by atoms with Crippen molar-refractivity contribution in [2.24, 2.45) is 0 Å². The molecule has 0 spiro atoms. The maximum atomic E-state index is 4.40. The number of hydrogen-bond donors (Lipinski definition) is 1. The highest BCUT2D eigenvalue weighted by atomic mass is 32.2. The van der Waals surface area contributed by atoms with Crippen LogP contribution in [0.25, 0.3) is 0 Å². The fourth-order valence-corrected chi connectivity index (χ4v) is 4.43. The van der Waals surface area contributed by atoms with Gasteiger partial charge in [0.1, 0.15) is 0 Å². The first kappa shape index (κ1) is 12.7. The summed E-state index contributed by atoms with van der Waals surface area (Å²) < 4.78 is 0. The van der Waals surface area contributed by atoms with E-state index in [1.165, 1.54) is 24.8 Å². The summed E-state index contributed by atoms with van der Waals surface area (Å²) in [6.07, 6.45) is 4.13. The average molecular weight is 284 g/mol. The summed E-state index contributed by atoms with van der Waals surface area (Å²) in [6.45, 7) is 6.89. The van der Waals surface area contributed by atoms with Crippen molar-refractivity contribution in [3.8, 4) is 0 Å². The summed E-state index contributed by atoms with van der Waals surface area (Å²) in [4.78, 5) is 9.48. The molecule has 0 aromatic carbocycles. The summed E-state index contributed by atoms with van der Waals surface area (Å²) in [5, 5.41) is 7.53. The summed E-state index contributed by atoms with van der Waals surface area (Å²) in [7, 11) is 0. The first-order valence-corrected chi connectivity index (χ1v) is 8.67. The molecule has 2 aliphatic heterocycles. The van der Waals surface area contributed by atoms with Gasteiger partial charge in [-0.1, -0.05) is 0 Å². The van der Waals surface area contributed by atoms with Gasteiger partial charge >= 0.3 is 0 Å².